The lowest BCUT2D eigenvalue weighted by molar-refractivity contribution is 0.0724. The summed E-state index contributed by atoms with van der Waals surface area (Å²) in [6, 6.07) is 4.09. The first kappa shape index (κ1) is 17.3. The molecule has 0 saturated carbocycles. The number of carbonyl (C=O) groups is 1. The molecule has 0 unspecified atom stereocenters. The van der Waals surface area contributed by atoms with Crippen LogP contribution in [-0.4, -0.2) is 42.6 Å². The van der Waals surface area contributed by atoms with Crippen molar-refractivity contribution in [3.05, 3.63) is 22.4 Å². The maximum atomic E-state index is 11.9. The Labute approximate surface area is 138 Å². The van der Waals surface area contributed by atoms with Gasteiger partial charge < -0.3 is 10.6 Å². The molecule has 0 aliphatic carbocycles. The van der Waals surface area contributed by atoms with E-state index in [0.29, 0.717) is 13.1 Å². The Hall–Kier alpha value is -1.07. The van der Waals surface area contributed by atoms with Gasteiger partial charge in [0, 0.05) is 30.1 Å². The molecule has 1 aromatic heterocycles. The number of nitrogens with one attached hydrogen (secondary N) is 2. The largest absolute Gasteiger partial charge is 0.338 e. The maximum Gasteiger partial charge on any atom is 0.314 e. The molecule has 0 spiro atoms. The summed E-state index contributed by atoms with van der Waals surface area (Å²) in [5, 5.41) is 8.04. The van der Waals surface area contributed by atoms with Crippen LogP contribution >= 0.6 is 11.3 Å². The minimum absolute atomic E-state index is 0.0137. The van der Waals surface area contributed by atoms with Gasteiger partial charge in [-0.15, -0.1) is 11.3 Å². The summed E-state index contributed by atoms with van der Waals surface area (Å²) in [5.41, 5.74) is 0.0137. The molecule has 2 N–H and O–H groups in total. The van der Waals surface area contributed by atoms with Gasteiger partial charge in [0.05, 0.1) is 0 Å². The third-order valence-corrected chi connectivity index (χ3v) is 5.37. The molecule has 0 radical (unpaired) electrons. The van der Waals surface area contributed by atoms with Gasteiger partial charge in [-0.05, 0) is 57.0 Å². The van der Waals surface area contributed by atoms with Crippen molar-refractivity contribution < 1.29 is 4.79 Å². The van der Waals surface area contributed by atoms with Gasteiger partial charge in [-0.2, -0.15) is 0 Å². The predicted molar refractivity (Wildman–Crippen MR) is 93.5 cm³/mol. The van der Waals surface area contributed by atoms with Gasteiger partial charge in [0.2, 0.25) is 0 Å². The Kier molecular flexibility index (Phi) is 6.26. The molecule has 1 atom stereocenters. The number of thiophene rings is 1. The molecule has 1 saturated heterocycles. The van der Waals surface area contributed by atoms with E-state index < -0.39 is 0 Å². The summed E-state index contributed by atoms with van der Waals surface area (Å²) in [4.78, 5) is 15.7. The molecule has 1 aliphatic rings. The molecule has 0 bridgehead atoms. The van der Waals surface area contributed by atoms with E-state index >= 15 is 0 Å². The highest BCUT2D eigenvalue weighted by Crippen LogP contribution is 2.23. The zero-order valence-corrected chi connectivity index (χ0v) is 14.8. The van der Waals surface area contributed by atoms with Gasteiger partial charge in [-0.25, -0.2) is 4.79 Å². The molecule has 2 amide bonds. The highest BCUT2D eigenvalue weighted by atomic mass is 32.1. The summed E-state index contributed by atoms with van der Waals surface area (Å²) >= 11 is 1.73. The zero-order chi connectivity index (χ0) is 16.0. The average Bonchev–Trinajstić information content (AvgIpc) is 2.99. The third-order valence-electron chi connectivity index (χ3n) is 4.43. The molecular formula is C17H29N3OS. The molecule has 1 aromatic rings. The topological polar surface area (TPSA) is 44.4 Å². The fourth-order valence-corrected chi connectivity index (χ4v) is 3.67. The van der Waals surface area contributed by atoms with Crippen LogP contribution in [0.4, 0.5) is 4.79 Å². The van der Waals surface area contributed by atoms with Crippen molar-refractivity contribution in [1.82, 2.24) is 15.5 Å². The first-order chi connectivity index (χ1) is 10.5. The number of piperidine rings is 1. The number of likely N-dealkylation sites (tertiary alicyclic amines) is 1. The number of urea groups is 1. The van der Waals surface area contributed by atoms with Crippen molar-refractivity contribution in [2.24, 2.45) is 5.92 Å². The second-order valence-corrected chi connectivity index (χ2v) is 7.98. The monoisotopic (exact) mass is 323 g/mol. The molecule has 1 fully saturated rings. The van der Waals surface area contributed by atoms with Crippen molar-refractivity contribution in [3.8, 4) is 0 Å². The van der Waals surface area contributed by atoms with E-state index in [1.807, 2.05) is 6.07 Å². The van der Waals surface area contributed by atoms with Crippen LogP contribution in [0.5, 0.6) is 0 Å². The first-order valence-electron chi connectivity index (χ1n) is 8.26. The third kappa shape index (κ3) is 5.29. The van der Waals surface area contributed by atoms with Crippen LogP contribution in [0.2, 0.25) is 0 Å². The normalized spacial score (nSPS) is 19.9. The van der Waals surface area contributed by atoms with Gasteiger partial charge in [-0.1, -0.05) is 13.0 Å². The smallest absolute Gasteiger partial charge is 0.314 e. The number of rotatable bonds is 6. The molecule has 124 valence electrons. The van der Waals surface area contributed by atoms with E-state index in [0.717, 1.165) is 25.4 Å². The highest BCUT2D eigenvalue weighted by molar-refractivity contribution is 7.09. The van der Waals surface area contributed by atoms with E-state index in [1.54, 1.807) is 11.3 Å². The fraction of sp³-hybridized carbons (Fsp3) is 0.706. The maximum absolute atomic E-state index is 11.9. The lowest BCUT2D eigenvalue weighted by Gasteiger charge is -2.43. The van der Waals surface area contributed by atoms with Gasteiger partial charge in [0.25, 0.3) is 0 Å². The van der Waals surface area contributed by atoms with Crippen molar-refractivity contribution in [2.45, 2.75) is 45.6 Å². The Bertz CT molecular complexity index is 458. The van der Waals surface area contributed by atoms with Crippen LogP contribution < -0.4 is 10.6 Å². The van der Waals surface area contributed by atoms with Crippen LogP contribution in [-0.2, 0) is 6.42 Å². The number of nitrogens with zero attached hydrogens (tertiary/aromatic N) is 1. The Morgan fingerprint density at radius 1 is 1.45 bits per heavy atom. The Balaban J connectivity index is 1.68. The summed E-state index contributed by atoms with van der Waals surface area (Å²) in [6.45, 7) is 10.4. The van der Waals surface area contributed by atoms with E-state index in [4.69, 9.17) is 0 Å². The van der Waals surface area contributed by atoms with Crippen molar-refractivity contribution in [2.75, 3.05) is 26.2 Å². The molecule has 1 aliphatic heterocycles. The van der Waals surface area contributed by atoms with Crippen LogP contribution in [0.25, 0.3) is 0 Å². The van der Waals surface area contributed by atoms with Crippen molar-refractivity contribution >= 4 is 17.4 Å². The summed E-state index contributed by atoms with van der Waals surface area (Å²) in [5.74, 6) is 0.757. The molecular weight excluding hydrogens is 294 g/mol. The average molecular weight is 324 g/mol. The second kappa shape index (κ2) is 7.97. The Morgan fingerprint density at radius 2 is 2.27 bits per heavy atom. The fourth-order valence-electron chi connectivity index (χ4n) is 2.96. The van der Waals surface area contributed by atoms with Gasteiger partial charge in [-0.3, -0.25) is 4.90 Å². The lowest BCUT2D eigenvalue weighted by atomic mass is 9.93. The lowest BCUT2D eigenvalue weighted by Crippen LogP contribution is -2.55. The molecule has 4 nitrogen and oxygen atoms in total. The predicted octanol–water partition coefficient (Wildman–Crippen LogP) is 3.10. The van der Waals surface area contributed by atoms with Crippen LogP contribution in [0.15, 0.2) is 17.5 Å². The van der Waals surface area contributed by atoms with Crippen molar-refractivity contribution in [1.29, 1.82) is 0 Å². The summed E-state index contributed by atoms with van der Waals surface area (Å²) in [7, 11) is 0. The van der Waals surface area contributed by atoms with Gasteiger partial charge in [0.15, 0.2) is 0 Å². The van der Waals surface area contributed by atoms with Crippen LogP contribution in [0.3, 0.4) is 0 Å². The molecule has 0 aromatic carbocycles. The zero-order valence-electron chi connectivity index (χ0n) is 14.0. The molecule has 2 heterocycles. The second-order valence-electron chi connectivity index (χ2n) is 6.94. The van der Waals surface area contributed by atoms with E-state index in [-0.39, 0.29) is 11.6 Å². The minimum atomic E-state index is -0.0605. The van der Waals surface area contributed by atoms with Gasteiger partial charge >= 0.3 is 6.03 Å². The van der Waals surface area contributed by atoms with Crippen LogP contribution in [0, 0.1) is 5.92 Å². The minimum Gasteiger partial charge on any atom is -0.338 e. The van der Waals surface area contributed by atoms with Crippen LogP contribution in [0.1, 0.15) is 38.5 Å². The SMILES string of the molecule is C[C@@H]1CCCN(C(C)(C)CNC(=O)NCCc2cccs2)C1. The van der Waals surface area contributed by atoms with E-state index in [2.05, 4.69) is 47.8 Å². The van der Waals surface area contributed by atoms with E-state index in [1.165, 1.54) is 17.7 Å². The number of hydrogen-bond donors (Lipinski definition) is 2. The number of amides is 2. The first-order valence-corrected chi connectivity index (χ1v) is 9.14. The number of carbonyl (C=O) groups excluding carboxylic acids is 1. The summed E-state index contributed by atoms with van der Waals surface area (Å²) in [6.07, 6.45) is 3.49. The Morgan fingerprint density at radius 3 is 2.95 bits per heavy atom. The standard InChI is InChI=1S/C17H29N3OS/c1-14-6-4-10-20(12-14)17(2,3)13-19-16(21)18-9-8-15-7-5-11-22-15/h5,7,11,14H,4,6,8-10,12-13H2,1-3H3,(H2,18,19,21)/t14-/m1/s1. The van der Waals surface area contributed by atoms with Crippen molar-refractivity contribution in [3.63, 3.8) is 0 Å². The quantitative estimate of drug-likeness (QED) is 0.845. The summed E-state index contributed by atoms with van der Waals surface area (Å²) < 4.78 is 0. The molecule has 22 heavy (non-hydrogen) atoms. The molecule has 2 rings (SSSR count). The van der Waals surface area contributed by atoms with Gasteiger partial charge in [0.1, 0.15) is 0 Å². The highest BCUT2D eigenvalue weighted by Gasteiger charge is 2.30. The van der Waals surface area contributed by atoms with E-state index in [9.17, 15) is 4.79 Å². The molecule has 5 heteroatoms. The number of hydrogen-bond acceptors (Lipinski definition) is 3.